The molecule has 5 heteroatoms. The van der Waals surface area contributed by atoms with Crippen molar-refractivity contribution < 1.29 is 0 Å². The molecule has 1 unspecified atom stereocenters. The Morgan fingerprint density at radius 1 is 1.23 bits per heavy atom. The number of para-hydroxylation sites is 1. The summed E-state index contributed by atoms with van der Waals surface area (Å²) in [5, 5.41) is 10.1. The Kier molecular flexibility index (Phi) is 4.85. The first-order valence-electron chi connectivity index (χ1n) is 7.92. The normalized spacial score (nSPS) is 18.0. The van der Waals surface area contributed by atoms with Crippen LogP contribution in [0.4, 0.5) is 17.5 Å². The average Bonchev–Trinajstić information content (AvgIpc) is 2.54. The maximum Gasteiger partial charge on any atom is 0.229 e. The van der Waals surface area contributed by atoms with Gasteiger partial charge in [0.2, 0.25) is 5.95 Å². The van der Waals surface area contributed by atoms with Gasteiger partial charge in [0, 0.05) is 24.0 Å². The molecule has 116 valence electrons. The zero-order chi connectivity index (χ0) is 15.2. The van der Waals surface area contributed by atoms with Crippen LogP contribution in [-0.2, 0) is 0 Å². The molecule has 0 spiro atoms. The topological polar surface area (TPSA) is 61.9 Å². The lowest BCUT2D eigenvalue weighted by Crippen LogP contribution is -2.33. The molecule has 1 saturated heterocycles. The number of aryl methyl sites for hydroxylation is 1. The maximum absolute atomic E-state index is 4.56. The van der Waals surface area contributed by atoms with Crippen LogP contribution in [0.1, 0.15) is 18.5 Å². The summed E-state index contributed by atoms with van der Waals surface area (Å²) >= 11 is 0. The molecular formula is C17H23N5. The highest BCUT2D eigenvalue weighted by molar-refractivity contribution is 5.54. The van der Waals surface area contributed by atoms with Crippen molar-refractivity contribution in [2.45, 2.75) is 19.8 Å². The number of hydrogen-bond acceptors (Lipinski definition) is 5. The van der Waals surface area contributed by atoms with Crippen molar-refractivity contribution in [2.75, 3.05) is 30.3 Å². The van der Waals surface area contributed by atoms with E-state index in [1.165, 1.54) is 12.8 Å². The number of benzene rings is 1. The van der Waals surface area contributed by atoms with Crippen molar-refractivity contribution in [3.63, 3.8) is 0 Å². The van der Waals surface area contributed by atoms with Gasteiger partial charge in [-0.3, -0.25) is 0 Å². The van der Waals surface area contributed by atoms with E-state index < -0.39 is 0 Å². The third kappa shape index (κ3) is 4.18. The monoisotopic (exact) mass is 297 g/mol. The maximum atomic E-state index is 4.56. The lowest BCUT2D eigenvalue weighted by molar-refractivity contribution is 0.392. The van der Waals surface area contributed by atoms with Crippen molar-refractivity contribution in [1.82, 2.24) is 15.3 Å². The van der Waals surface area contributed by atoms with Crippen LogP contribution in [-0.4, -0.2) is 29.6 Å². The Morgan fingerprint density at radius 2 is 2.09 bits per heavy atom. The first-order chi connectivity index (χ1) is 10.8. The Balaban J connectivity index is 1.64. The van der Waals surface area contributed by atoms with Crippen LogP contribution in [0.5, 0.6) is 0 Å². The summed E-state index contributed by atoms with van der Waals surface area (Å²) < 4.78 is 0. The van der Waals surface area contributed by atoms with Crippen LogP contribution in [0, 0.1) is 12.8 Å². The van der Waals surface area contributed by atoms with Crippen molar-refractivity contribution in [3.8, 4) is 0 Å². The summed E-state index contributed by atoms with van der Waals surface area (Å²) in [5.41, 5.74) is 1.95. The Hall–Kier alpha value is -2.14. The second-order valence-electron chi connectivity index (χ2n) is 5.80. The number of anilines is 3. The van der Waals surface area contributed by atoms with E-state index in [4.69, 9.17) is 0 Å². The Morgan fingerprint density at radius 3 is 2.86 bits per heavy atom. The zero-order valence-electron chi connectivity index (χ0n) is 13.0. The highest BCUT2D eigenvalue weighted by Crippen LogP contribution is 2.16. The summed E-state index contributed by atoms with van der Waals surface area (Å²) in [6, 6.07) is 12.0. The molecule has 22 heavy (non-hydrogen) atoms. The lowest BCUT2D eigenvalue weighted by Gasteiger charge is -2.23. The number of nitrogens with one attached hydrogen (secondary N) is 3. The minimum atomic E-state index is 0.635. The molecule has 1 aromatic heterocycles. The molecule has 0 bridgehead atoms. The zero-order valence-corrected chi connectivity index (χ0v) is 13.0. The summed E-state index contributed by atoms with van der Waals surface area (Å²) in [4.78, 5) is 9.01. The van der Waals surface area contributed by atoms with Gasteiger partial charge in [-0.2, -0.15) is 4.98 Å². The van der Waals surface area contributed by atoms with Gasteiger partial charge in [0.25, 0.3) is 0 Å². The average molecular weight is 297 g/mol. The minimum Gasteiger partial charge on any atom is -0.370 e. The Labute approximate surface area is 131 Å². The number of rotatable bonds is 5. The molecule has 1 aliphatic heterocycles. The van der Waals surface area contributed by atoms with Crippen molar-refractivity contribution in [1.29, 1.82) is 0 Å². The third-order valence-electron chi connectivity index (χ3n) is 3.85. The van der Waals surface area contributed by atoms with Crippen LogP contribution in [0.3, 0.4) is 0 Å². The molecule has 1 aromatic carbocycles. The van der Waals surface area contributed by atoms with Gasteiger partial charge in [0.15, 0.2) is 0 Å². The van der Waals surface area contributed by atoms with E-state index in [9.17, 15) is 0 Å². The quantitative estimate of drug-likeness (QED) is 0.792. The van der Waals surface area contributed by atoms with Crippen LogP contribution < -0.4 is 16.0 Å². The molecule has 5 nitrogen and oxygen atoms in total. The van der Waals surface area contributed by atoms with E-state index in [1.807, 2.05) is 43.3 Å². The predicted molar refractivity (Wildman–Crippen MR) is 90.6 cm³/mol. The number of hydrogen-bond donors (Lipinski definition) is 3. The van der Waals surface area contributed by atoms with Gasteiger partial charge < -0.3 is 16.0 Å². The summed E-state index contributed by atoms with van der Waals surface area (Å²) in [7, 11) is 0. The number of piperidine rings is 1. The molecule has 3 N–H and O–H groups in total. The van der Waals surface area contributed by atoms with E-state index in [0.717, 1.165) is 36.8 Å². The van der Waals surface area contributed by atoms with Gasteiger partial charge >= 0.3 is 0 Å². The Bertz CT molecular complexity index is 593. The molecular weight excluding hydrogens is 274 g/mol. The van der Waals surface area contributed by atoms with Gasteiger partial charge in [0.1, 0.15) is 5.82 Å². The van der Waals surface area contributed by atoms with E-state index >= 15 is 0 Å². The lowest BCUT2D eigenvalue weighted by atomic mass is 10.00. The highest BCUT2D eigenvalue weighted by Gasteiger charge is 2.13. The molecule has 2 aromatic rings. The third-order valence-corrected chi connectivity index (χ3v) is 3.85. The van der Waals surface area contributed by atoms with E-state index in [2.05, 4.69) is 25.9 Å². The standard InChI is InChI=1S/C17H23N5/c1-13-10-16(19-12-14-6-5-9-18-11-14)22-17(20-13)21-15-7-3-2-4-8-15/h2-4,7-8,10,14,18H,5-6,9,11-12H2,1H3,(H2,19,20,21,22). The number of aromatic nitrogens is 2. The first-order valence-corrected chi connectivity index (χ1v) is 7.92. The molecule has 3 rings (SSSR count). The fourth-order valence-electron chi connectivity index (χ4n) is 2.71. The SMILES string of the molecule is Cc1cc(NCC2CCCNC2)nc(Nc2ccccc2)n1. The second-order valence-corrected chi connectivity index (χ2v) is 5.80. The molecule has 0 aliphatic carbocycles. The summed E-state index contributed by atoms with van der Waals surface area (Å²) in [6.07, 6.45) is 2.54. The van der Waals surface area contributed by atoms with E-state index in [0.29, 0.717) is 11.9 Å². The van der Waals surface area contributed by atoms with Crippen molar-refractivity contribution >= 4 is 17.5 Å². The van der Waals surface area contributed by atoms with Crippen molar-refractivity contribution in [2.24, 2.45) is 5.92 Å². The van der Waals surface area contributed by atoms with Gasteiger partial charge in [0.05, 0.1) is 0 Å². The van der Waals surface area contributed by atoms with Crippen LogP contribution in [0.25, 0.3) is 0 Å². The van der Waals surface area contributed by atoms with Gasteiger partial charge in [-0.05, 0) is 50.9 Å². The van der Waals surface area contributed by atoms with Crippen molar-refractivity contribution in [3.05, 3.63) is 42.1 Å². The number of nitrogens with zero attached hydrogens (tertiary/aromatic N) is 2. The molecule has 0 saturated carbocycles. The van der Waals surface area contributed by atoms with Gasteiger partial charge in [-0.15, -0.1) is 0 Å². The summed E-state index contributed by atoms with van der Waals surface area (Å²) in [5.74, 6) is 2.20. The largest absolute Gasteiger partial charge is 0.370 e. The molecule has 0 radical (unpaired) electrons. The fourth-order valence-corrected chi connectivity index (χ4v) is 2.71. The van der Waals surface area contributed by atoms with Gasteiger partial charge in [-0.25, -0.2) is 4.98 Å². The molecule has 0 amide bonds. The highest BCUT2D eigenvalue weighted by atomic mass is 15.1. The van der Waals surface area contributed by atoms with E-state index in [1.54, 1.807) is 0 Å². The second kappa shape index (κ2) is 7.22. The fraction of sp³-hybridized carbons (Fsp3) is 0.412. The molecule has 2 heterocycles. The van der Waals surface area contributed by atoms with E-state index in [-0.39, 0.29) is 0 Å². The molecule has 1 fully saturated rings. The van der Waals surface area contributed by atoms with Gasteiger partial charge in [-0.1, -0.05) is 18.2 Å². The van der Waals surface area contributed by atoms with Crippen LogP contribution in [0.2, 0.25) is 0 Å². The molecule has 1 aliphatic rings. The minimum absolute atomic E-state index is 0.635. The smallest absolute Gasteiger partial charge is 0.229 e. The van der Waals surface area contributed by atoms with Crippen LogP contribution in [0.15, 0.2) is 36.4 Å². The molecule has 1 atom stereocenters. The van der Waals surface area contributed by atoms with Crippen LogP contribution >= 0.6 is 0 Å². The predicted octanol–water partition coefficient (Wildman–Crippen LogP) is 2.94. The summed E-state index contributed by atoms with van der Waals surface area (Å²) in [6.45, 7) is 5.18. The first kappa shape index (κ1) is 14.8.